The maximum atomic E-state index is 13.4. The van der Waals surface area contributed by atoms with Crippen LogP contribution in [0.15, 0.2) is 82.0 Å². The molecule has 0 spiro atoms. The van der Waals surface area contributed by atoms with Crippen LogP contribution in [0.5, 0.6) is 5.75 Å². The van der Waals surface area contributed by atoms with E-state index in [2.05, 4.69) is 0 Å². The van der Waals surface area contributed by atoms with Crippen LogP contribution >= 0.6 is 0 Å². The van der Waals surface area contributed by atoms with Crippen molar-refractivity contribution in [2.75, 3.05) is 13.1 Å². The Hall–Kier alpha value is -4.10. The fraction of sp³-hybridized carbons (Fsp3) is 0.312. The average Bonchev–Trinajstić information content (AvgIpc) is 2.97. The number of hydrogen-bond acceptors (Lipinski definition) is 6. The number of nitrogens with zero attached hydrogens (tertiary/aromatic N) is 1. The third-order valence-electron chi connectivity index (χ3n) is 7.31. The van der Waals surface area contributed by atoms with Crippen molar-refractivity contribution in [1.29, 1.82) is 0 Å². The minimum atomic E-state index is -0.903. The van der Waals surface area contributed by atoms with Crippen molar-refractivity contribution < 1.29 is 23.8 Å². The minimum Gasteiger partial charge on any atom is -0.488 e. The molecule has 2 heterocycles. The molecule has 1 fully saturated rings. The number of benzene rings is 3. The zero-order chi connectivity index (χ0) is 27.4. The minimum absolute atomic E-state index is 0.0315. The summed E-state index contributed by atoms with van der Waals surface area (Å²) < 4.78 is 18.0. The van der Waals surface area contributed by atoms with Crippen LogP contribution in [0.2, 0.25) is 0 Å². The number of rotatable bonds is 7. The van der Waals surface area contributed by atoms with Crippen LogP contribution in [-0.4, -0.2) is 29.2 Å². The van der Waals surface area contributed by atoms with E-state index in [9.17, 15) is 14.7 Å². The largest absolute Gasteiger partial charge is 0.488 e. The molecular weight excluding hydrogens is 494 g/mol. The molecule has 0 bridgehead atoms. The van der Waals surface area contributed by atoms with Crippen LogP contribution in [0.1, 0.15) is 59.8 Å². The summed E-state index contributed by atoms with van der Waals surface area (Å²) in [4.78, 5) is 27.7. The van der Waals surface area contributed by atoms with Crippen molar-refractivity contribution in [3.05, 3.63) is 111 Å². The first kappa shape index (κ1) is 26.5. The Morgan fingerprint density at radius 2 is 1.59 bits per heavy atom. The van der Waals surface area contributed by atoms with Gasteiger partial charge in [-0.15, -0.1) is 0 Å². The maximum absolute atomic E-state index is 13.4. The number of ether oxygens (including phenoxy) is 2. The Morgan fingerprint density at radius 3 is 2.21 bits per heavy atom. The van der Waals surface area contributed by atoms with Gasteiger partial charge in [-0.2, -0.15) is 0 Å². The zero-order valence-electron chi connectivity index (χ0n) is 22.3. The number of amides is 1. The Labute approximate surface area is 227 Å². The average molecular weight is 528 g/mol. The van der Waals surface area contributed by atoms with E-state index < -0.39 is 6.10 Å². The lowest BCUT2D eigenvalue weighted by molar-refractivity contribution is 0.0858. The second-order valence-corrected chi connectivity index (χ2v) is 10.0. The Morgan fingerprint density at radius 1 is 0.974 bits per heavy atom. The highest BCUT2D eigenvalue weighted by Gasteiger charge is 2.29. The molecule has 1 atom stereocenters. The second kappa shape index (κ2) is 11.7. The predicted octanol–water partition coefficient (Wildman–Crippen LogP) is 6.25. The van der Waals surface area contributed by atoms with E-state index in [1.807, 2.05) is 60.7 Å². The molecule has 1 saturated heterocycles. The van der Waals surface area contributed by atoms with Crippen molar-refractivity contribution in [1.82, 2.24) is 4.90 Å². The van der Waals surface area contributed by atoms with Crippen LogP contribution in [0, 0.1) is 6.92 Å². The van der Waals surface area contributed by atoms with Gasteiger partial charge < -0.3 is 23.9 Å². The molecule has 1 amide bonds. The van der Waals surface area contributed by atoms with E-state index in [0.717, 1.165) is 11.1 Å². The molecule has 0 saturated carbocycles. The van der Waals surface area contributed by atoms with Crippen molar-refractivity contribution in [3.8, 4) is 5.75 Å². The number of fused-ring (bicyclic) bond motifs is 1. The number of carbonyl (C=O) groups is 1. The predicted molar refractivity (Wildman–Crippen MR) is 149 cm³/mol. The second-order valence-electron chi connectivity index (χ2n) is 10.0. The van der Waals surface area contributed by atoms with Crippen molar-refractivity contribution >= 4 is 17.1 Å². The lowest BCUT2D eigenvalue weighted by Crippen LogP contribution is -2.38. The van der Waals surface area contributed by atoms with Gasteiger partial charge in [0.15, 0.2) is 5.43 Å². The number of likely N-dealkylation sites (tertiary alicyclic amines) is 1. The Kier molecular flexibility index (Phi) is 7.98. The molecule has 5 rings (SSSR count). The molecule has 1 aliphatic heterocycles. The summed E-state index contributed by atoms with van der Waals surface area (Å²) in [7, 11) is 0. The first-order chi connectivity index (χ1) is 18.9. The Balaban J connectivity index is 1.35. The highest BCUT2D eigenvalue weighted by atomic mass is 16.6. The highest BCUT2D eigenvalue weighted by Crippen LogP contribution is 2.37. The summed E-state index contributed by atoms with van der Waals surface area (Å²) in [6, 6.07) is 22.8. The Bertz CT molecular complexity index is 1490. The van der Waals surface area contributed by atoms with E-state index in [0.29, 0.717) is 66.1 Å². The van der Waals surface area contributed by atoms with Gasteiger partial charge in [-0.25, -0.2) is 4.79 Å². The van der Waals surface area contributed by atoms with Crippen LogP contribution in [0.25, 0.3) is 11.0 Å². The highest BCUT2D eigenvalue weighted by molar-refractivity contribution is 5.83. The number of aliphatic hydroxyl groups is 1. The first-order valence-electron chi connectivity index (χ1n) is 13.3. The number of piperidine rings is 1. The van der Waals surface area contributed by atoms with Crippen LogP contribution < -0.4 is 10.2 Å². The van der Waals surface area contributed by atoms with Gasteiger partial charge in [0.1, 0.15) is 30.3 Å². The van der Waals surface area contributed by atoms with Crippen LogP contribution in [0.3, 0.4) is 0 Å². The summed E-state index contributed by atoms with van der Waals surface area (Å²) >= 11 is 0. The molecule has 4 aromatic rings. The van der Waals surface area contributed by atoms with Crippen LogP contribution in [0.4, 0.5) is 4.79 Å². The topological polar surface area (TPSA) is 89.2 Å². The fourth-order valence-corrected chi connectivity index (χ4v) is 5.15. The summed E-state index contributed by atoms with van der Waals surface area (Å²) in [6.07, 6.45) is 0.0402. The quantitative estimate of drug-likeness (QED) is 0.306. The molecule has 0 aliphatic carbocycles. The lowest BCUT2D eigenvalue weighted by atomic mass is 9.91. The molecule has 7 heteroatoms. The molecule has 1 aromatic heterocycles. The zero-order valence-corrected chi connectivity index (χ0v) is 22.3. The van der Waals surface area contributed by atoms with E-state index >= 15 is 0 Å². The summed E-state index contributed by atoms with van der Waals surface area (Å²) in [6.45, 7) is 4.99. The van der Waals surface area contributed by atoms with Gasteiger partial charge in [-0.3, -0.25) is 4.79 Å². The van der Waals surface area contributed by atoms with Crippen molar-refractivity contribution in [2.45, 2.75) is 51.9 Å². The van der Waals surface area contributed by atoms with Crippen LogP contribution in [-0.2, 0) is 18.0 Å². The monoisotopic (exact) mass is 527 g/mol. The molecule has 1 aliphatic rings. The van der Waals surface area contributed by atoms with Gasteiger partial charge in [-0.05, 0) is 49.9 Å². The normalized spacial score (nSPS) is 14.8. The van der Waals surface area contributed by atoms with Gasteiger partial charge in [0.25, 0.3) is 0 Å². The van der Waals surface area contributed by atoms with E-state index in [-0.39, 0.29) is 24.0 Å². The molecular formula is C32H33NO6. The molecule has 1 unspecified atom stereocenters. The van der Waals surface area contributed by atoms with E-state index in [1.165, 1.54) is 0 Å². The summed E-state index contributed by atoms with van der Waals surface area (Å²) in [5, 5.41) is 11.1. The van der Waals surface area contributed by atoms with Crippen molar-refractivity contribution in [2.24, 2.45) is 0 Å². The SMILES string of the molecule is Cc1c(C2CCN(C(=O)OCc3ccccc3)CC2)oc2c(C(C)O)c(OCc3ccccc3)ccc2c1=O. The maximum Gasteiger partial charge on any atom is 0.410 e. The molecule has 39 heavy (non-hydrogen) atoms. The van der Waals surface area contributed by atoms with Gasteiger partial charge in [0, 0.05) is 24.6 Å². The van der Waals surface area contributed by atoms with Gasteiger partial charge in [-0.1, -0.05) is 60.7 Å². The third kappa shape index (κ3) is 5.83. The first-order valence-corrected chi connectivity index (χ1v) is 13.3. The third-order valence-corrected chi connectivity index (χ3v) is 7.31. The molecule has 202 valence electrons. The van der Waals surface area contributed by atoms with E-state index in [1.54, 1.807) is 30.9 Å². The van der Waals surface area contributed by atoms with Crippen molar-refractivity contribution in [3.63, 3.8) is 0 Å². The molecule has 7 nitrogen and oxygen atoms in total. The lowest BCUT2D eigenvalue weighted by Gasteiger charge is -2.31. The molecule has 1 N–H and O–H groups in total. The number of hydrogen-bond donors (Lipinski definition) is 1. The number of aliphatic hydroxyl groups excluding tert-OH is 1. The number of carbonyl (C=O) groups excluding carboxylic acids is 1. The van der Waals surface area contributed by atoms with Gasteiger partial charge in [0.2, 0.25) is 0 Å². The summed E-state index contributed by atoms with van der Waals surface area (Å²) in [5.41, 5.74) is 3.19. The smallest absolute Gasteiger partial charge is 0.410 e. The van der Waals surface area contributed by atoms with Gasteiger partial charge in [0.05, 0.1) is 17.1 Å². The summed E-state index contributed by atoms with van der Waals surface area (Å²) in [5.74, 6) is 1.05. The van der Waals surface area contributed by atoms with Gasteiger partial charge >= 0.3 is 6.09 Å². The standard InChI is InChI=1S/C32H33NO6/c1-21-29(35)26-13-14-27(37-19-23-9-5-3-6-10-23)28(22(2)34)31(26)39-30(21)25-15-17-33(18-16-25)32(36)38-20-24-11-7-4-8-12-24/h3-14,22,25,34H,15-20H2,1-2H3. The fourth-order valence-electron chi connectivity index (χ4n) is 5.15. The molecule has 0 radical (unpaired) electrons. The molecule has 3 aromatic carbocycles. The van der Waals surface area contributed by atoms with E-state index in [4.69, 9.17) is 13.9 Å².